The molecule has 0 saturated heterocycles. The number of carbonyl (C=O) groups is 6. The van der Waals surface area contributed by atoms with Crippen LogP contribution in [0.1, 0.15) is 384 Å². The van der Waals surface area contributed by atoms with E-state index >= 15 is 0 Å². The number of nitrogens with one attached hydrogen (secondary N) is 2. The molecule has 0 aromatic carbocycles. The van der Waals surface area contributed by atoms with E-state index in [9.17, 15) is 71.7 Å². The van der Waals surface area contributed by atoms with Crippen molar-refractivity contribution in [1.82, 2.24) is 10.6 Å². The minimum atomic E-state index is -4.19. The Bertz CT molecular complexity index is 3230. The standard InChI is InChI=1S/C23H44O4.C15H32O3.C12H24NO6P.C12H23NO2.C12H28O11P2.C12H27O8P.C12H26O2.C9H20O/c1-18(2)12-10-16-26-23(8,22(5,6)7)27-17-11-14-20(24)13-9-15-21(25)19(3)4;1-14(2)8-5-9-16-10-6-11-17-12-7-13-18-15(3)4;1-9(2)11(14)5-6-12(15)13-7-8-18-20(16,17)19-10(3)4;1-9(2)7-8-13-12(15)6-5-11(14)10(3)4;1-10(2)22-24(14,15)20-8-18-6-12(5-13)7-19-9-21-25(16,17)23-11(3)4;1-10(2)18-8-16-6-12(5-13)7-17-9-19-21(14,15)20-11(3)4;1-11(2)7-5-8-13-9-6-10-14-12(3)4;1-8(2)6-5-7-10-9(3)4/h18-19H,9-17H2,1-8H3;14-15H,5-13H2,1-4H3;9-10H,5-8H2,1-4H3,(H,13,15)(H,16,17);9-10H,5-8H2,1-4H3,(H,13,15);10-13H,5-9H2,1-4H3,(H,14,15)(H,16,17);10-13H,5-9H2,1-4H3,(H,14,15);11-12H,5-10H2,1-4H3;8-9H,5-7H2,1-4H3. The second kappa shape index (κ2) is 103. The fraction of sp³-hybridized carbons (Fsp3) is 0.944. The van der Waals surface area contributed by atoms with Gasteiger partial charge in [-0.2, -0.15) is 0 Å². The predicted octanol–water partition coefficient (Wildman–Crippen LogP) is 22.7. The maximum Gasteiger partial charge on any atom is 0.474 e. The van der Waals surface area contributed by atoms with Gasteiger partial charge in [0.1, 0.15) is 29.9 Å². The summed E-state index contributed by atoms with van der Waals surface area (Å²) in [6, 6.07) is 0. The van der Waals surface area contributed by atoms with E-state index in [1.54, 1.807) is 69.2 Å². The molecule has 0 bridgehead atoms. The Labute approximate surface area is 909 Å². The van der Waals surface area contributed by atoms with Gasteiger partial charge in [0.15, 0.2) is 26.2 Å². The summed E-state index contributed by atoms with van der Waals surface area (Å²) in [6.45, 7) is 78.5. The van der Waals surface area contributed by atoms with Crippen LogP contribution in [0.3, 0.4) is 0 Å². The summed E-state index contributed by atoms with van der Waals surface area (Å²) in [7, 11) is -16.5. The third-order valence-corrected chi connectivity index (χ3v) is 24.5. The Morgan fingerprint density at radius 1 is 0.267 bits per heavy atom. The first-order valence-corrected chi connectivity index (χ1v) is 60.8. The molecular formula is C107H224N2O37P4. The first kappa shape index (κ1) is 163. The number of phosphoric ester groups is 4. The van der Waals surface area contributed by atoms with Gasteiger partial charge in [0, 0.05) is 153 Å². The molecule has 6 atom stereocenters. The molecule has 150 heavy (non-hydrogen) atoms. The Morgan fingerprint density at radius 3 is 0.833 bits per heavy atom. The average Bonchev–Trinajstić information content (AvgIpc) is 0.820. The topological polar surface area (TPSA) is 510 Å². The van der Waals surface area contributed by atoms with Gasteiger partial charge in [-0.3, -0.25) is 65.0 Å². The molecule has 39 nitrogen and oxygen atoms in total. The van der Waals surface area contributed by atoms with E-state index in [-0.39, 0.29) is 143 Å². The highest BCUT2D eigenvalue weighted by Gasteiger charge is 2.40. The Balaban J connectivity index is -0.000000260. The molecule has 43 heteroatoms. The molecule has 6 unspecified atom stereocenters. The SMILES string of the molecule is CC(C)CCCOC(C)(OCCCC(=O)CCCC(=O)C(C)C)C(C)(C)C.CC(C)CCCOC(C)C.CC(C)CCCOCCCOC(C)C.CC(C)CCCOCCCOCCCOC(C)C.CC(C)CCNC(=O)CCC(=O)C(C)C.CC(C)OCOCC(CO)COCOP(=O)(O)OC(C)C.CC(C)OP(=O)(O)OCCNC(=O)CCC(=O)C(C)C.CC(C)OP(=O)(O)OCOCC(CO)COCOP(=O)(O)OC(C)C. The molecule has 0 rings (SSSR count). The zero-order chi connectivity index (χ0) is 117. The number of aliphatic hydroxyl groups excluding tert-OH is 2. The van der Waals surface area contributed by atoms with Crippen LogP contribution in [0.2, 0.25) is 0 Å². The number of aliphatic hydroxyl groups is 2. The third-order valence-electron chi connectivity index (χ3n) is 19.9. The van der Waals surface area contributed by atoms with Gasteiger partial charge in [0.25, 0.3) is 0 Å². The van der Waals surface area contributed by atoms with Gasteiger partial charge in [-0.15, -0.1) is 0 Å². The quantitative estimate of drug-likeness (QED) is 0.0159. The molecular weight excluding hydrogens is 2030 g/mol. The number of rotatable bonds is 87. The van der Waals surface area contributed by atoms with Gasteiger partial charge in [0.2, 0.25) is 11.8 Å². The van der Waals surface area contributed by atoms with E-state index in [4.69, 9.17) is 71.2 Å². The number of carbonyl (C=O) groups excluding carboxylic acids is 6. The van der Waals surface area contributed by atoms with Crippen LogP contribution in [0.15, 0.2) is 0 Å². The minimum absolute atomic E-state index is 0.00958. The van der Waals surface area contributed by atoms with Crippen molar-refractivity contribution in [3.8, 4) is 0 Å². The smallest absolute Gasteiger partial charge is 0.396 e. The van der Waals surface area contributed by atoms with Gasteiger partial charge in [-0.05, 0) is 237 Å². The number of ether oxygens (including phenoxy) is 13. The maximum absolute atomic E-state index is 12.0. The molecule has 0 heterocycles. The second-order valence-electron chi connectivity index (χ2n) is 42.9. The highest BCUT2D eigenvalue weighted by atomic mass is 31.2. The highest BCUT2D eigenvalue weighted by Crippen LogP contribution is 2.47. The zero-order valence-electron chi connectivity index (χ0n) is 100. The molecule has 0 saturated carbocycles. The van der Waals surface area contributed by atoms with Crippen molar-refractivity contribution in [3.63, 3.8) is 0 Å². The first-order valence-electron chi connectivity index (χ1n) is 54.8. The second-order valence-corrected chi connectivity index (χ2v) is 48.5. The summed E-state index contributed by atoms with van der Waals surface area (Å²) in [5.74, 6) is 2.60. The monoisotopic (exact) mass is 2250 g/mol. The number of amides is 2. The van der Waals surface area contributed by atoms with E-state index in [1.807, 2.05) is 48.5 Å². The van der Waals surface area contributed by atoms with Crippen LogP contribution in [0.5, 0.6) is 0 Å². The average molecular weight is 2250 g/mol. The van der Waals surface area contributed by atoms with Crippen LogP contribution in [0.4, 0.5) is 0 Å². The molecule has 0 radical (unpaired) electrons. The minimum Gasteiger partial charge on any atom is -0.396 e. The molecule has 0 aliphatic carbocycles. The molecule has 8 N–H and O–H groups in total. The number of hydrogen-bond acceptors (Lipinski definition) is 33. The van der Waals surface area contributed by atoms with Gasteiger partial charge in [0.05, 0.1) is 108 Å². The van der Waals surface area contributed by atoms with Crippen LogP contribution in [0, 0.1) is 64.6 Å². The Morgan fingerprint density at radius 2 is 0.533 bits per heavy atom. The number of ketones is 4. The van der Waals surface area contributed by atoms with Gasteiger partial charge < -0.3 is 102 Å². The van der Waals surface area contributed by atoms with Crippen LogP contribution < -0.4 is 10.6 Å². The van der Waals surface area contributed by atoms with Crippen molar-refractivity contribution >= 4 is 66.2 Å². The van der Waals surface area contributed by atoms with Crippen molar-refractivity contribution in [2.45, 2.75) is 439 Å². The van der Waals surface area contributed by atoms with Crippen LogP contribution in [-0.2, 0) is 145 Å². The fourth-order valence-electron chi connectivity index (χ4n) is 11.1. The Kier molecular flexibility index (Phi) is 112. The van der Waals surface area contributed by atoms with Crippen LogP contribution >= 0.6 is 31.3 Å². The number of Topliss-reactive ketones (excluding diaryl/α,β-unsaturated/α-hetero) is 4. The van der Waals surface area contributed by atoms with Gasteiger partial charge in [-0.25, -0.2) is 18.3 Å². The summed E-state index contributed by atoms with van der Waals surface area (Å²) in [5.41, 5.74) is -0.147. The van der Waals surface area contributed by atoms with E-state index in [0.29, 0.717) is 94.9 Å². The summed E-state index contributed by atoms with van der Waals surface area (Å²) < 4.78 is 153. The van der Waals surface area contributed by atoms with Crippen molar-refractivity contribution in [1.29, 1.82) is 0 Å². The lowest BCUT2D eigenvalue weighted by Gasteiger charge is -2.41. The Hall–Kier alpha value is -2.54. The lowest BCUT2D eigenvalue weighted by Crippen LogP contribution is -2.45. The number of phosphoric acid groups is 4. The fourth-order valence-corrected chi connectivity index (χ4v) is 14.4. The van der Waals surface area contributed by atoms with E-state index in [2.05, 4.69) is 174 Å². The largest absolute Gasteiger partial charge is 0.474 e. The van der Waals surface area contributed by atoms with Crippen LogP contribution in [-0.4, -0.2) is 279 Å². The maximum atomic E-state index is 12.0. The summed E-state index contributed by atoms with van der Waals surface area (Å²) >= 11 is 0. The molecule has 0 aliphatic heterocycles. The summed E-state index contributed by atoms with van der Waals surface area (Å²) in [4.78, 5) is 106. The molecule has 0 fully saturated rings. The van der Waals surface area contributed by atoms with Crippen molar-refractivity contribution < 1.29 is 175 Å². The van der Waals surface area contributed by atoms with Crippen molar-refractivity contribution in [2.24, 2.45) is 64.6 Å². The number of hydrogen-bond donors (Lipinski definition) is 8. The lowest BCUT2D eigenvalue weighted by molar-refractivity contribution is -0.278. The molecule has 0 aliphatic rings. The van der Waals surface area contributed by atoms with Gasteiger partial charge >= 0.3 is 31.3 Å². The molecule has 2 amide bonds. The molecule has 904 valence electrons. The lowest BCUT2D eigenvalue weighted by atomic mass is 9.86. The molecule has 0 aromatic heterocycles. The van der Waals surface area contributed by atoms with E-state index in [1.165, 1.54) is 38.5 Å². The van der Waals surface area contributed by atoms with Gasteiger partial charge in [-0.1, -0.05) is 132 Å². The normalized spacial score (nSPS) is 14.2. The summed E-state index contributed by atoms with van der Waals surface area (Å²) in [5, 5.41) is 23.6. The van der Waals surface area contributed by atoms with Crippen molar-refractivity contribution in [2.75, 3.05) is 159 Å². The first-order chi connectivity index (χ1) is 69.6. The van der Waals surface area contributed by atoms with Crippen LogP contribution in [0.25, 0.3) is 0 Å². The van der Waals surface area contributed by atoms with E-state index in [0.717, 1.165) is 116 Å². The van der Waals surface area contributed by atoms with Crippen molar-refractivity contribution in [3.05, 3.63) is 0 Å². The predicted molar refractivity (Wildman–Crippen MR) is 591 cm³/mol. The highest BCUT2D eigenvalue weighted by molar-refractivity contribution is 7.48. The molecule has 0 aromatic rings. The third kappa shape index (κ3) is 131. The van der Waals surface area contributed by atoms with E-state index < -0.39 is 87.8 Å². The zero-order valence-corrected chi connectivity index (χ0v) is 104. The summed E-state index contributed by atoms with van der Waals surface area (Å²) in [6.07, 6.45) is 16.7. The molecule has 0 spiro atoms.